The Morgan fingerprint density at radius 2 is 1.79 bits per heavy atom. The Bertz CT molecular complexity index is 1560. The molecule has 38 heavy (non-hydrogen) atoms. The van der Waals surface area contributed by atoms with Crippen LogP contribution >= 0.6 is 11.6 Å². The van der Waals surface area contributed by atoms with Crippen molar-refractivity contribution in [1.29, 1.82) is 0 Å². The topological polar surface area (TPSA) is 182 Å². The number of benzene rings is 2. The second kappa shape index (κ2) is 10.5. The van der Waals surface area contributed by atoms with Crippen LogP contribution in [0.1, 0.15) is 18.4 Å². The van der Waals surface area contributed by atoms with Gasteiger partial charge in [-0.25, -0.2) is 26.1 Å². The Morgan fingerprint density at radius 3 is 2.37 bits per heavy atom. The molecule has 13 nitrogen and oxygen atoms in total. The Hall–Kier alpha value is -2.70. The molecular weight excluding hydrogens is 589 g/mol. The average Bonchev–Trinajstić information content (AvgIpc) is 3.06. The van der Waals surface area contributed by atoms with Crippen LogP contribution < -0.4 is 18.5 Å². The van der Waals surface area contributed by atoms with Gasteiger partial charge in [0.1, 0.15) is 18.0 Å². The zero-order valence-corrected chi connectivity index (χ0v) is 22.7. The highest BCUT2D eigenvalue weighted by Crippen LogP contribution is 2.36. The number of nitrogens with one attached hydrogen (secondary N) is 3. The Kier molecular flexibility index (Phi) is 7.79. The monoisotopic (exact) mass is 611 g/mol. The van der Waals surface area contributed by atoms with Crippen molar-refractivity contribution in [3.63, 3.8) is 0 Å². The summed E-state index contributed by atoms with van der Waals surface area (Å²) in [5.41, 5.74) is -0.774. The molecule has 0 unspecified atom stereocenters. The molecule has 2 aliphatic rings. The van der Waals surface area contributed by atoms with E-state index in [4.69, 9.17) is 11.6 Å². The molecule has 18 heteroatoms. The zero-order valence-electron chi connectivity index (χ0n) is 19.5. The fourth-order valence-electron chi connectivity index (χ4n) is 4.10. The SMILES string of the molecule is O=C1CN(c2c(O)cc(NS(=O)(=O)NC3CCN(S(=O)(=O)Cc4ccccc4Cl)CC3)cc2F)S(=O)(=O)N1. The van der Waals surface area contributed by atoms with Crippen LogP contribution in [0.3, 0.4) is 0 Å². The number of carbonyl (C=O) groups excluding carboxylic acids is 1. The van der Waals surface area contributed by atoms with Crippen molar-refractivity contribution in [2.45, 2.75) is 24.6 Å². The molecule has 0 aromatic heterocycles. The summed E-state index contributed by atoms with van der Waals surface area (Å²) in [4.78, 5) is 11.4. The summed E-state index contributed by atoms with van der Waals surface area (Å²) < 4.78 is 96.9. The van der Waals surface area contributed by atoms with Crippen molar-refractivity contribution >= 4 is 59.3 Å². The van der Waals surface area contributed by atoms with Crippen LogP contribution in [0.15, 0.2) is 36.4 Å². The van der Waals surface area contributed by atoms with Gasteiger partial charge >= 0.3 is 10.2 Å². The van der Waals surface area contributed by atoms with Gasteiger partial charge in [0.05, 0.1) is 11.4 Å². The zero-order chi connectivity index (χ0) is 27.9. The van der Waals surface area contributed by atoms with Gasteiger partial charge in [0.25, 0.3) is 16.1 Å². The highest BCUT2D eigenvalue weighted by atomic mass is 35.5. The van der Waals surface area contributed by atoms with Gasteiger partial charge in [0.2, 0.25) is 10.0 Å². The van der Waals surface area contributed by atoms with Crippen LogP contribution in [0, 0.1) is 5.82 Å². The number of piperidine rings is 1. The van der Waals surface area contributed by atoms with E-state index in [1.807, 2.05) is 4.72 Å². The highest BCUT2D eigenvalue weighted by molar-refractivity contribution is 7.92. The van der Waals surface area contributed by atoms with Gasteiger partial charge < -0.3 is 5.11 Å². The summed E-state index contributed by atoms with van der Waals surface area (Å²) in [5.74, 6) is -3.43. The van der Waals surface area contributed by atoms with Crippen molar-refractivity contribution in [2.75, 3.05) is 28.7 Å². The first kappa shape index (κ1) is 28.3. The third-order valence-corrected chi connectivity index (χ3v) is 10.6. The van der Waals surface area contributed by atoms with Crippen LogP contribution in [0.5, 0.6) is 5.75 Å². The number of hydrogen-bond acceptors (Lipinski definition) is 8. The standard InChI is InChI=1S/C20H23ClFN5O8S3/c21-16-4-2-1-3-13(16)12-36(30,31)26-7-5-14(6-8-26)23-37(32,33)24-15-9-17(22)20(18(28)10-15)27-11-19(29)25-38(27,34)35/h1-4,9-10,14,23-24,28H,5-8,11-12H2,(H,25,29). The second-order valence-electron chi connectivity index (χ2n) is 8.61. The summed E-state index contributed by atoms with van der Waals surface area (Å²) in [7, 11) is -12.4. The predicted molar refractivity (Wildman–Crippen MR) is 137 cm³/mol. The number of hydrogen-bond donors (Lipinski definition) is 4. The quantitative estimate of drug-likeness (QED) is 0.335. The number of sulfonamides is 1. The molecule has 2 heterocycles. The third kappa shape index (κ3) is 6.29. The maximum Gasteiger partial charge on any atom is 0.326 e. The van der Waals surface area contributed by atoms with Crippen LogP contribution in [0.2, 0.25) is 5.02 Å². The largest absolute Gasteiger partial charge is 0.506 e. The van der Waals surface area contributed by atoms with E-state index >= 15 is 0 Å². The molecule has 208 valence electrons. The lowest BCUT2D eigenvalue weighted by atomic mass is 10.1. The van der Waals surface area contributed by atoms with Crippen LogP contribution in [0.4, 0.5) is 15.8 Å². The molecule has 4 rings (SSSR count). The van der Waals surface area contributed by atoms with E-state index in [0.29, 0.717) is 21.0 Å². The maximum atomic E-state index is 14.7. The number of halogens is 2. The van der Waals surface area contributed by atoms with Crippen molar-refractivity contribution < 1.29 is 39.5 Å². The van der Waals surface area contributed by atoms with Crippen molar-refractivity contribution in [3.8, 4) is 5.75 Å². The predicted octanol–water partition coefficient (Wildman–Crippen LogP) is 0.606. The first-order valence-electron chi connectivity index (χ1n) is 11.0. The van der Waals surface area contributed by atoms with Gasteiger partial charge in [0.15, 0.2) is 5.82 Å². The van der Waals surface area contributed by atoms with Gasteiger partial charge in [-0.05, 0) is 24.5 Å². The van der Waals surface area contributed by atoms with Gasteiger partial charge in [-0.15, -0.1) is 0 Å². The summed E-state index contributed by atoms with van der Waals surface area (Å²) in [5, 5.41) is 10.5. The van der Waals surface area contributed by atoms with E-state index in [1.54, 1.807) is 29.0 Å². The molecule has 2 aromatic carbocycles. The molecule has 0 atom stereocenters. The van der Waals surface area contributed by atoms with Gasteiger partial charge in [-0.2, -0.15) is 21.6 Å². The molecule has 0 spiro atoms. The van der Waals surface area contributed by atoms with Crippen LogP contribution in [0.25, 0.3) is 0 Å². The van der Waals surface area contributed by atoms with E-state index in [0.717, 1.165) is 6.07 Å². The molecule has 2 aliphatic heterocycles. The Labute approximate surface area is 224 Å². The number of aromatic hydroxyl groups is 1. The Morgan fingerprint density at radius 1 is 1.13 bits per heavy atom. The summed E-state index contributed by atoms with van der Waals surface area (Å²) >= 11 is 6.06. The molecular formula is C20H23ClFN5O8S3. The lowest BCUT2D eigenvalue weighted by molar-refractivity contribution is -0.117. The highest BCUT2D eigenvalue weighted by Gasteiger charge is 2.38. The number of anilines is 2. The smallest absolute Gasteiger partial charge is 0.326 e. The summed E-state index contributed by atoms with van der Waals surface area (Å²) in [6.45, 7) is -0.644. The molecule has 2 saturated heterocycles. The van der Waals surface area contributed by atoms with Gasteiger partial charge in [0, 0.05) is 36.3 Å². The number of carbonyl (C=O) groups is 1. The molecule has 2 fully saturated rings. The van der Waals surface area contributed by atoms with Crippen molar-refractivity contribution in [3.05, 3.63) is 52.8 Å². The van der Waals surface area contributed by atoms with E-state index in [2.05, 4.69) is 4.72 Å². The number of nitrogens with zero attached hydrogens (tertiary/aromatic N) is 2. The average molecular weight is 612 g/mol. The Balaban J connectivity index is 1.38. The molecule has 2 aromatic rings. The van der Waals surface area contributed by atoms with Crippen LogP contribution in [-0.2, 0) is 41.0 Å². The maximum absolute atomic E-state index is 14.7. The molecule has 0 aliphatic carbocycles. The lowest BCUT2D eigenvalue weighted by Crippen LogP contribution is -2.47. The number of amides is 1. The minimum atomic E-state index is -4.41. The fourth-order valence-corrected chi connectivity index (χ4v) is 8.30. The van der Waals surface area contributed by atoms with Crippen molar-refractivity contribution in [1.82, 2.24) is 13.7 Å². The normalized spacial score (nSPS) is 18.9. The minimum Gasteiger partial charge on any atom is -0.506 e. The summed E-state index contributed by atoms with van der Waals surface area (Å²) in [6.07, 6.45) is 0.324. The van der Waals surface area contributed by atoms with Gasteiger partial charge in [-0.1, -0.05) is 29.8 Å². The fraction of sp³-hybridized carbons (Fsp3) is 0.350. The molecule has 4 N–H and O–H groups in total. The van der Waals surface area contributed by atoms with Crippen LogP contribution in [-0.4, -0.2) is 66.2 Å². The first-order valence-corrected chi connectivity index (χ1v) is 15.9. The molecule has 0 bridgehead atoms. The third-order valence-electron chi connectivity index (χ3n) is 5.83. The number of phenolic OH excluding ortho intramolecular Hbond substituents is 1. The van der Waals surface area contributed by atoms with E-state index in [1.165, 1.54) is 4.31 Å². The lowest BCUT2D eigenvalue weighted by Gasteiger charge is -2.31. The van der Waals surface area contributed by atoms with E-state index in [9.17, 15) is 39.5 Å². The second-order valence-corrected chi connectivity index (χ2v) is 14.0. The van der Waals surface area contributed by atoms with Gasteiger partial charge in [-0.3, -0.25) is 9.52 Å². The number of phenols is 1. The summed E-state index contributed by atoms with van der Waals surface area (Å²) in [6, 6.07) is 7.37. The minimum absolute atomic E-state index is 0.0567. The first-order chi connectivity index (χ1) is 17.7. The molecule has 0 saturated carbocycles. The molecule has 1 amide bonds. The number of rotatable bonds is 8. The van der Waals surface area contributed by atoms with Crippen molar-refractivity contribution in [2.24, 2.45) is 0 Å². The van der Waals surface area contributed by atoms with E-state index in [-0.39, 0.29) is 31.7 Å². The van der Waals surface area contributed by atoms with E-state index < -0.39 is 71.9 Å². The molecule has 0 radical (unpaired) electrons.